The molecule has 2 atom stereocenters. The van der Waals surface area contributed by atoms with E-state index in [-0.39, 0.29) is 0 Å². The van der Waals surface area contributed by atoms with Crippen molar-refractivity contribution < 1.29 is 75.8 Å². The standard InChI is InChI=1S/C8HF15O2/c9-2(10,1(24)25)3(11,6(15,16)17)4(12,7(18,19)20)5(13,14)8(21,22)23/h(H,24,25). The molecule has 17 heteroatoms. The summed E-state index contributed by atoms with van der Waals surface area (Å²) in [4.78, 5) is 9.91. The van der Waals surface area contributed by atoms with E-state index in [1.54, 1.807) is 0 Å². The van der Waals surface area contributed by atoms with Crippen LogP contribution in [0.3, 0.4) is 0 Å². The number of halogens is 15. The molecule has 0 aliphatic heterocycles. The lowest BCUT2D eigenvalue weighted by Crippen LogP contribution is -2.81. The number of hydrogen-bond acceptors (Lipinski definition) is 1. The lowest BCUT2D eigenvalue weighted by atomic mass is 9.74. The molecule has 1 N–H and O–H groups in total. The summed E-state index contributed by atoms with van der Waals surface area (Å²) < 4.78 is 188. The molecule has 2 nitrogen and oxygen atoms in total. The van der Waals surface area contributed by atoms with Crippen LogP contribution in [0, 0.1) is 0 Å². The number of carboxylic acids is 1. The summed E-state index contributed by atoms with van der Waals surface area (Å²) in [7, 11) is 0. The Balaban J connectivity index is 7.41. The van der Waals surface area contributed by atoms with Crippen LogP contribution in [0.15, 0.2) is 0 Å². The highest BCUT2D eigenvalue weighted by Crippen LogP contribution is 2.65. The first-order valence-electron chi connectivity index (χ1n) is 5.01. The summed E-state index contributed by atoms with van der Waals surface area (Å²) in [6.45, 7) is 0. The van der Waals surface area contributed by atoms with Gasteiger partial charge in [0.05, 0.1) is 0 Å². The van der Waals surface area contributed by atoms with Gasteiger partial charge in [-0.05, 0) is 0 Å². The van der Waals surface area contributed by atoms with Crippen LogP contribution in [0.5, 0.6) is 0 Å². The van der Waals surface area contributed by atoms with Gasteiger partial charge in [-0.1, -0.05) is 0 Å². The van der Waals surface area contributed by atoms with E-state index < -0.39 is 47.7 Å². The Kier molecular flexibility index (Phi) is 5.11. The first kappa shape index (κ1) is 23.4. The largest absolute Gasteiger partial charge is 0.477 e. The Morgan fingerprint density at radius 2 is 0.800 bits per heavy atom. The monoisotopic (exact) mass is 414 g/mol. The number of alkyl halides is 15. The third kappa shape index (κ3) is 2.74. The summed E-state index contributed by atoms with van der Waals surface area (Å²) in [6, 6.07) is 0. The van der Waals surface area contributed by atoms with Gasteiger partial charge in [0.25, 0.3) is 0 Å². The first-order valence-corrected chi connectivity index (χ1v) is 5.01. The van der Waals surface area contributed by atoms with Crippen LogP contribution in [-0.2, 0) is 4.79 Å². The third-order valence-corrected chi connectivity index (χ3v) is 2.75. The summed E-state index contributed by atoms with van der Waals surface area (Å²) in [6.07, 6.45) is -24.5. The Bertz CT molecular complexity index is 527. The van der Waals surface area contributed by atoms with E-state index in [2.05, 4.69) is 0 Å². The van der Waals surface area contributed by atoms with Crippen molar-refractivity contribution in [3.8, 4) is 0 Å². The number of hydrogen-bond donors (Lipinski definition) is 1. The minimum Gasteiger partial charge on any atom is -0.477 e. The van der Waals surface area contributed by atoms with Crippen molar-refractivity contribution in [3.63, 3.8) is 0 Å². The number of carboxylic acid groups (broad SMARTS) is 1. The Morgan fingerprint density at radius 1 is 0.520 bits per heavy atom. The minimum atomic E-state index is -8.76. The smallest absolute Gasteiger partial charge is 0.457 e. The van der Waals surface area contributed by atoms with Gasteiger partial charge in [0.15, 0.2) is 0 Å². The van der Waals surface area contributed by atoms with Crippen LogP contribution < -0.4 is 0 Å². The second-order valence-corrected chi connectivity index (χ2v) is 4.26. The van der Waals surface area contributed by atoms with E-state index in [1.165, 1.54) is 0 Å². The van der Waals surface area contributed by atoms with Gasteiger partial charge >= 0.3 is 47.7 Å². The maximum atomic E-state index is 13.6. The number of aliphatic carboxylic acids is 1. The SMILES string of the molecule is O=C(O)C(F)(F)C(F)(C(F)(F)F)C(F)(C(F)(F)F)C(F)(F)C(F)(F)F. The van der Waals surface area contributed by atoms with Gasteiger partial charge in [-0.25, -0.2) is 13.6 Å². The zero-order chi connectivity index (χ0) is 21.1. The predicted octanol–water partition coefficient (Wildman–Crippen LogP) is 4.45. The van der Waals surface area contributed by atoms with Crippen LogP contribution in [0.1, 0.15) is 0 Å². The fraction of sp³-hybridized carbons (Fsp3) is 0.875. The highest BCUT2D eigenvalue weighted by molar-refractivity contribution is 5.78. The molecule has 0 bridgehead atoms. The molecule has 2 unspecified atom stereocenters. The van der Waals surface area contributed by atoms with Crippen molar-refractivity contribution >= 4 is 5.97 Å². The van der Waals surface area contributed by atoms with Crippen molar-refractivity contribution in [2.45, 2.75) is 41.7 Å². The van der Waals surface area contributed by atoms with Gasteiger partial charge in [-0.15, -0.1) is 0 Å². The van der Waals surface area contributed by atoms with Gasteiger partial charge in [-0.3, -0.25) is 0 Å². The normalized spacial score (nSPS) is 20.0. The lowest BCUT2D eigenvalue weighted by Gasteiger charge is -2.46. The van der Waals surface area contributed by atoms with E-state index in [0.29, 0.717) is 0 Å². The molecule has 0 aromatic heterocycles. The van der Waals surface area contributed by atoms with Crippen molar-refractivity contribution in [1.29, 1.82) is 0 Å². The Morgan fingerprint density at radius 3 is 0.960 bits per heavy atom. The molecule has 0 heterocycles. The maximum absolute atomic E-state index is 13.6. The van der Waals surface area contributed by atoms with Crippen LogP contribution in [0.25, 0.3) is 0 Å². The van der Waals surface area contributed by atoms with Crippen molar-refractivity contribution in [1.82, 2.24) is 0 Å². The molecular weight excluding hydrogens is 413 g/mol. The fourth-order valence-electron chi connectivity index (χ4n) is 1.52. The molecule has 0 saturated carbocycles. The van der Waals surface area contributed by atoms with Crippen LogP contribution in [0.4, 0.5) is 65.9 Å². The highest BCUT2D eigenvalue weighted by Gasteiger charge is 2.99. The average molecular weight is 414 g/mol. The molecule has 0 saturated heterocycles. The van der Waals surface area contributed by atoms with Gasteiger partial charge in [0.2, 0.25) is 0 Å². The minimum absolute atomic E-state index is 4.59. The zero-order valence-corrected chi connectivity index (χ0v) is 10.5. The molecule has 0 fully saturated rings. The molecule has 0 spiro atoms. The quantitative estimate of drug-likeness (QED) is 0.691. The Hall–Kier alpha value is -1.58. The number of rotatable bonds is 4. The van der Waals surface area contributed by atoms with E-state index in [0.717, 1.165) is 0 Å². The van der Waals surface area contributed by atoms with Crippen molar-refractivity contribution in [3.05, 3.63) is 0 Å². The van der Waals surface area contributed by atoms with E-state index >= 15 is 0 Å². The molecule has 0 aromatic rings. The molecule has 25 heavy (non-hydrogen) atoms. The van der Waals surface area contributed by atoms with Crippen molar-refractivity contribution in [2.24, 2.45) is 0 Å². The molecule has 0 aromatic carbocycles. The van der Waals surface area contributed by atoms with Gasteiger partial charge in [-0.2, -0.15) is 57.1 Å². The summed E-state index contributed by atoms with van der Waals surface area (Å²) in [5.41, 5.74) is -17.3. The second kappa shape index (κ2) is 5.46. The molecule has 150 valence electrons. The van der Waals surface area contributed by atoms with E-state index in [4.69, 9.17) is 5.11 Å². The lowest BCUT2D eigenvalue weighted by molar-refractivity contribution is -0.455. The average Bonchev–Trinajstić information content (AvgIpc) is 2.31. The molecule has 0 rings (SSSR count). The molecule has 0 radical (unpaired) electrons. The van der Waals surface area contributed by atoms with Crippen molar-refractivity contribution in [2.75, 3.05) is 0 Å². The summed E-state index contributed by atoms with van der Waals surface area (Å²) in [5, 5.41) is 7.69. The predicted molar refractivity (Wildman–Crippen MR) is 43.4 cm³/mol. The van der Waals surface area contributed by atoms with Crippen LogP contribution >= 0.6 is 0 Å². The molecule has 0 amide bonds. The summed E-state index contributed by atoms with van der Waals surface area (Å²) in [5.74, 6) is -20.8. The summed E-state index contributed by atoms with van der Waals surface area (Å²) >= 11 is 0. The highest BCUT2D eigenvalue weighted by atomic mass is 19.4. The molecular formula is C8HF15O2. The third-order valence-electron chi connectivity index (χ3n) is 2.75. The maximum Gasteiger partial charge on any atom is 0.457 e. The second-order valence-electron chi connectivity index (χ2n) is 4.26. The Labute approximate surface area is 125 Å². The topological polar surface area (TPSA) is 37.3 Å². The van der Waals surface area contributed by atoms with Gasteiger partial charge < -0.3 is 5.11 Å². The van der Waals surface area contributed by atoms with Crippen LogP contribution in [0.2, 0.25) is 0 Å². The first-order chi connectivity index (χ1) is 10.4. The fourth-order valence-corrected chi connectivity index (χ4v) is 1.52. The van der Waals surface area contributed by atoms with Gasteiger partial charge in [0, 0.05) is 0 Å². The molecule has 0 aliphatic carbocycles. The zero-order valence-electron chi connectivity index (χ0n) is 10.5. The number of carbonyl (C=O) groups is 1. The van der Waals surface area contributed by atoms with E-state index in [9.17, 15) is 70.7 Å². The van der Waals surface area contributed by atoms with E-state index in [1.807, 2.05) is 0 Å². The van der Waals surface area contributed by atoms with Gasteiger partial charge in [0.1, 0.15) is 0 Å². The molecule has 0 aliphatic rings. The van der Waals surface area contributed by atoms with Crippen LogP contribution in [-0.4, -0.2) is 52.8 Å².